The van der Waals surface area contributed by atoms with E-state index in [1.807, 2.05) is 6.92 Å². The van der Waals surface area contributed by atoms with Gasteiger partial charge in [0.25, 0.3) is 5.91 Å². The number of aliphatic hydroxyl groups excluding tert-OH is 1. The molecule has 0 bridgehead atoms. The van der Waals surface area contributed by atoms with E-state index in [1.165, 1.54) is 4.90 Å². The van der Waals surface area contributed by atoms with Gasteiger partial charge in [-0.2, -0.15) is 0 Å². The Kier molecular flexibility index (Phi) is 8.81. The van der Waals surface area contributed by atoms with Crippen molar-refractivity contribution < 1.29 is 38.2 Å². The topological polar surface area (TPSA) is 168 Å². The number of hydrogen-bond donors (Lipinski definition) is 4. The van der Waals surface area contributed by atoms with Crippen molar-refractivity contribution in [3.63, 3.8) is 0 Å². The zero-order chi connectivity index (χ0) is 31.5. The standard InChI is InChI=1S/C30H36N6O8/c1-16-12-36(17(2)14-37)28(38)21-7-6-8-22(32-29(39)33-26-18(3)34-44-19(26)4)27(21)43-25(16)13-35(5)30(40)31-20-9-10-23-24(11-20)42-15-41-23/h6-11,16-17,25,37H,12-15H2,1-5H3,(H,31,40)(H2,32,33,39)/t16-,17+,25-/m1/s1. The predicted octanol–water partition coefficient (Wildman–Crippen LogP) is 4.05. The molecule has 4 N–H and O–H groups in total. The summed E-state index contributed by atoms with van der Waals surface area (Å²) in [5.74, 6) is 1.12. The molecule has 3 atom stereocenters. The number of nitrogens with one attached hydrogen (secondary N) is 3. The van der Waals surface area contributed by atoms with Crippen molar-refractivity contribution in [2.45, 2.75) is 39.8 Å². The van der Waals surface area contributed by atoms with Crippen LogP contribution in [0.15, 0.2) is 40.9 Å². The van der Waals surface area contributed by atoms with Gasteiger partial charge in [-0.15, -0.1) is 0 Å². The van der Waals surface area contributed by atoms with Gasteiger partial charge >= 0.3 is 12.1 Å². The third-order valence-corrected chi connectivity index (χ3v) is 7.64. The summed E-state index contributed by atoms with van der Waals surface area (Å²) in [5, 5.41) is 22.2. The van der Waals surface area contributed by atoms with Crippen LogP contribution in [0.1, 0.15) is 35.7 Å². The number of hydrogen-bond acceptors (Lipinski definition) is 9. The number of nitrogens with zero attached hydrogens (tertiary/aromatic N) is 3. The number of benzene rings is 2. The smallest absolute Gasteiger partial charge is 0.323 e. The van der Waals surface area contributed by atoms with Gasteiger partial charge in [0.1, 0.15) is 17.5 Å². The maximum absolute atomic E-state index is 13.7. The van der Waals surface area contributed by atoms with Crippen LogP contribution >= 0.6 is 0 Å². The fourth-order valence-electron chi connectivity index (χ4n) is 5.03. The molecular formula is C30H36N6O8. The first-order chi connectivity index (χ1) is 21.0. The van der Waals surface area contributed by atoms with Crippen LogP contribution in [0.4, 0.5) is 26.7 Å². The van der Waals surface area contributed by atoms with Gasteiger partial charge in [-0.05, 0) is 45.0 Å². The first kappa shape index (κ1) is 30.5. The van der Waals surface area contributed by atoms with Gasteiger partial charge in [0.15, 0.2) is 23.0 Å². The highest BCUT2D eigenvalue weighted by atomic mass is 16.7. The molecule has 5 rings (SSSR count). The number of anilines is 3. The Hall–Kier alpha value is -4.98. The van der Waals surface area contributed by atoms with Crippen LogP contribution < -0.4 is 30.2 Å². The van der Waals surface area contributed by atoms with Gasteiger partial charge in [0.2, 0.25) is 6.79 Å². The molecule has 2 aliphatic heterocycles. The summed E-state index contributed by atoms with van der Waals surface area (Å²) in [5.41, 5.74) is 1.94. The summed E-state index contributed by atoms with van der Waals surface area (Å²) in [6, 6.07) is 8.54. The Labute approximate surface area is 254 Å². The highest BCUT2D eigenvalue weighted by Gasteiger charge is 2.35. The van der Waals surface area contributed by atoms with Crippen LogP contribution in [0.5, 0.6) is 17.2 Å². The molecule has 234 valence electrons. The van der Waals surface area contributed by atoms with Crippen molar-refractivity contribution in [3.8, 4) is 17.2 Å². The number of aliphatic hydroxyl groups is 1. The van der Waals surface area contributed by atoms with E-state index in [0.29, 0.717) is 34.3 Å². The Morgan fingerprint density at radius 1 is 1.14 bits per heavy atom. The number of aryl methyl sites for hydroxylation is 2. The van der Waals surface area contributed by atoms with Crippen molar-refractivity contribution in [2.24, 2.45) is 5.92 Å². The van der Waals surface area contributed by atoms with Crippen molar-refractivity contribution in [2.75, 3.05) is 49.5 Å². The molecule has 0 aliphatic carbocycles. The van der Waals surface area contributed by atoms with E-state index < -0.39 is 18.2 Å². The number of aromatic nitrogens is 1. The fourth-order valence-corrected chi connectivity index (χ4v) is 5.03. The van der Waals surface area contributed by atoms with Gasteiger partial charge in [0.05, 0.1) is 30.4 Å². The Morgan fingerprint density at radius 2 is 1.91 bits per heavy atom. The molecule has 14 heteroatoms. The lowest BCUT2D eigenvalue weighted by Crippen LogP contribution is -2.50. The molecule has 0 saturated heterocycles. The minimum absolute atomic E-state index is 0.123. The third-order valence-electron chi connectivity index (χ3n) is 7.64. The zero-order valence-corrected chi connectivity index (χ0v) is 25.2. The molecule has 2 aromatic carbocycles. The highest BCUT2D eigenvalue weighted by molar-refractivity contribution is 6.04. The van der Waals surface area contributed by atoms with E-state index in [-0.39, 0.29) is 61.3 Å². The molecule has 1 aromatic heterocycles. The second-order valence-corrected chi connectivity index (χ2v) is 11.0. The summed E-state index contributed by atoms with van der Waals surface area (Å²) < 4.78 is 22.4. The van der Waals surface area contributed by atoms with Crippen LogP contribution in [0.25, 0.3) is 0 Å². The minimum atomic E-state index is -0.601. The van der Waals surface area contributed by atoms with Crippen molar-refractivity contribution in [1.29, 1.82) is 0 Å². The van der Waals surface area contributed by atoms with Crippen LogP contribution in [0.3, 0.4) is 0 Å². The van der Waals surface area contributed by atoms with Crippen LogP contribution in [0.2, 0.25) is 0 Å². The number of carbonyl (C=O) groups is 3. The van der Waals surface area contributed by atoms with E-state index in [2.05, 4.69) is 21.1 Å². The highest BCUT2D eigenvalue weighted by Crippen LogP contribution is 2.36. The third kappa shape index (κ3) is 6.34. The molecule has 0 radical (unpaired) electrons. The summed E-state index contributed by atoms with van der Waals surface area (Å²) in [6.07, 6.45) is -0.601. The van der Waals surface area contributed by atoms with Gasteiger partial charge in [-0.1, -0.05) is 18.1 Å². The number of amides is 5. The first-order valence-corrected chi connectivity index (χ1v) is 14.2. The Morgan fingerprint density at radius 3 is 2.64 bits per heavy atom. The summed E-state index contributed by atoms with van der Waals surface area (Å²) in [7, 11) is 1.64. The Bertz CT molecular complexity index is 1540. The minimum Gasteiger partial charge on any atom is -0.485 e. The molecule has 0 saturated carbocycles. The molecule has 5 amide bonds. The maximum atomic E-state index is 13.7. The second kappa shape index (κ2) is 12.7. The van der Waals surface area contributed by atoms with E-state index in [1.54, 1.807) is 69.1 Å². The van der Waals surface area contributed by atoms with Crippen LogP contribution in [-0.2, 0) is 0 Å². The van der Waals surface area contributed by atoms with Gasteiger partial charge in [-0.3, -0.25) is 4.79 Å². The lowest BCUT2D eigenvalue weighted by atomic mass is 9.99. The average molecular weight is 609 g/mol. The number of urea groups is 2. The zero-order valence-electron chi connectivity index (χ0n) is 25.2. The number of ether oxygens (including phenoxy) is 3. The molecule has 3 aromatic rings. The van der Waals surface area contributed by atoms with Crippen LogP contribution in [-0.4, -0.2) is 83.7 Å². The summed E-state index contributed by atoms with van der Waals surface area (Å²) in [6.45, 7) is 7.34. The molecule has 2 aliphatic rings. The van der Waals surface area contributed by atoms with E-state index in [9.17, 15) is 19.5 Å². The quantitative estimate of drug-likeness (QED) is 0.309. The van der Waals surface area contributed by atoms with E-state index in [0.717, 1.165) is 0 Å². The lowest BCUT2D eigenvalue weighted by Gasteiger charge is -2.38. The average Bonchev–Trinajstić information content (AvgIpc) is 3.60. The largest absolute Gasteiger partial charge is 0.485 e. The second-order valence-electron chi connectivity index (χ2n) is 11.0. The number of para-hydroxylation sites is 1. The van der Waals surface area contributed by atoms with E-state index in [4.69, 9.17) is 18.7 Å². The maximum Gasteiger partial charge on any atom is 0.323 e. The van der Waals surface area contributed by atoms with Crippen molar-refractivity contribution in [3.05, 3.63) is 53.4 Å². The fraction of sp³-hybridized carbons (Fsp3) is 0.400. The van der Waals surface area contributed by atoms with Crippen LogP contribution in [0, 0.1) is 19.8 Å². The number of rotatable bonds is 7. The molecule has 0 fully saturated rings. The molecule has 14 nitrogen and oxygen atoms in total. The number of likely N-dealkylation sites (N-methyl/N-ethyl adjacent to an activating group) is 1. The number of carbonyl (C=O) groups excluding carboxylic acids is 3. The number of fused-ring (bicyclic) bond motifs is 2. The molecule has 44 heavy (non-hydrogen) atoms. The summed E-state index contributed by atoms with van der Waals surface area (Å²) in [4.78, 5) is 43.0. The van der Waals surface area contributed by atoms with Gasteiger partial charge in [-0.25, -0.2) is 9.59 Å². The van der Waals surface area contributed by atoms with Crippen molar-refractivity contribution in [1.82, 2.24) is 15.0 Å². The van der Waals surface area contributed by atoms with E-state index >= 15 is 0 Å². The SMILES string of the molecule is Cc1noc(C)c1NC(=O)Nc1cccc2c1O[C@H](CN(C)C(=O)Nc1ccc3c(c1)OCO3)[C@H](C)CN([C@@H](C)CO)C2=O. The molecule has 0 unspecified atom stereocenters. The monoisotopic (exact) mass is 608 g/mol. The lowest BCUT2D eigenvalue weighted by molar-refractivity contribution is 0.0373. The molecular weight excluding hydrogens is 572 g/mol. The molecule has 0 spiro atoms. The van der Waals surface area contributed by atoms with Gasteiger partial charge in [0, 0.05) is 31.3 Å². The molecule has 3 heterocycles. The van der Waals surface area contributed by atoms with Crippen molar-refractivity contribution >= 4 is 35.0 Å². The van der Waals surface area contributed by atoms with Gasteiger partial charge < -0.3 is 49.6 Å². The predicted molar refractivity (Wildman–Crippen MR) is 160 cm³/mol. The first-order valence-electron chi connectivity index (χ1n) is 14.2. The normalized spacial score (nSPS) is 18.0. The Balaban J connectivity index is 1.40. The summed E-state index contributed by atoms with van der Waals surface area (Å²) >= 11 is 0.